The third-order valence-electron chi connectivity index (χ3n) is 3.23. The highest BCUT2D eigenvalue weighted by molar-refractivity contribution is 9.10. The molecule has 0 saturated heterocycles. The Morgan fingerprint density at radius 2 is 1.84 bits per heavy atom. The summed E-state index contributed by atoms with van der Waals surface area (Å²) in [5.74, 6) is 0.421. The van der Waals surface area contributed by atoms with Crippen molar-refractivity contribution in [2.45, 2.75) is 44.4 Å². The molecule has 19 heavy (non-hydrogen) atoms. The van der Waals surface area contributed by atoms with E-state index in [0.717, 1.165) is 30.2 Å². The van der Waals surface area contributed by atoms with Crippen LogP contribution in [0.1, 0.15) is 39.5 Å². The lowest BCUT2D eigenvalue weighted by molar-refractivity contribution is 0.444. The minimum absolute atomic E-state index is 0.320. The second-order valence-electron chi connectivity index (χ2n) is 4.72. The fourth-order valence-corrected chi connectivity index (χ4v) is 3.25. The van der Waals surface area contributed by atoms with Crippen molar-refractivity contribution in [2.24, 2.45) is 5.92 Å². The van der Waals surface area contributed by atoms with Gasteiger partial charge >= 0.3 is 0 Å². The van der Waals surface area contributed by atoms with Crippen molar-refractivity contribution in [3.05, 3.63) is 28.7 Å². The molecule has 0 fully saturated rings. The summed E-state index contributed by atoms with van der Waals surface area (Å²) in [7, 11) is -3.38. The monoisotopic (exact) mass is 347 g/mol. The zero-order valence-electron chi connectivity index (χ0n) is 11.5. The van der Waals surface area contributed by atoms with E-state index in [9.17, 15) is 8.42 Å². The molecular weight excluding hydrogens is 326 g/mol. The quantitative estimate of drug-likeness (QED) is 0.773. The topological polar surface area (TPSA) is 46.2 Å². The van der Waals surface area contributed by atoms with E-state index in [1.54, 1.807) is 24.3 Å². The van der Waals surface area contributed by atoms with Crippen molar-refractivity contribution in [1.29, 1.82) is 0 Å². The Hall–Kier alpha value is -0.390. The molecule has 0 amide bonds. The Bertz CT molecular complexity index is 471. The highest BCUT2D eigenvalue weighted by Crippen LogP contribution is 2.16. The second kappa shape index (κ2) is 8.02. The lowest BCUT2D eigenvalue weighted by atomic mass is 10.00. The van der Waals surface area contributed by atoms with Crippen LogP contribution in [-0.4, -0.2) is 15.0 Å². The van der Waals surface area contributed by atoms with E-state index in [-0.39, 0.29) is 0 Å². The van der Waals surface area contributed by atoms with E-state index in [0.29, 0.717) is 17.4 Å². The van der Waals surface area contributed by atoms with Crippen molar-refractivity contribution in [2.75, 3.05) is 6.54 Å². The van der Waals surface area contributed by atoms with Crippen molar-refractivity contribution in [3.8, 4) is 0 Å². The summed E-state index contributed by atoms with van der Waals surface area (Å²) < 4.78 is 27.8. The molecule has 0 aliphatic carbocycles. The third kappa shape index (κ3) is 5.63. The fraction of sp³-hybridized carbons (Fsp3) is 0.571. The van der Waals surface area contributed by atoms with Crippen LogP contribution in [0.25, 0.3) is 0 Å². The second-order valence-corrected chi connectivity index (χ2v) is 7.40. The maximum absolute atomic E-state index is 12.1. The molecule has 1 atom stereocenters. The molecule has 0 aliphatic rings. The summed E-state index contributed by atoms with van der Waals surface area (Å²) in [4.78, 5) is 0.320. The average Bonchev–Trinajstić information content (AvgIpc) is 2.39. The summed E-state index contributed by atoms with van der Waals surface area (Å²) in [5, 5.41) is 0. The third-order valence-corrected chi connectivity index (χ3v) is 5.20. The van der Waals surface area contributed by atoms with Gasteiger partial charge in [-0.2, -0.15) is 0 Å². The van der Waals surface area contributed by atoms with Gasteiger partial charge in [-0.25, -0.2) is 13.1 Å². The Morgan fingerprint density at radius 1 is 1.21 bits per heavy atom. The molecule has 1 N–H and O–H groups in total. The summed E-state index contributed by atoms with van der Waals surface area (Å²) in [6, 6.07) is 6.70. The SMILES string of the molecule is CCCC[C@@H](CC)CNS(=O)(=O)c1ccc(Br)cc1. The van der Waals surface area contributed by atoms with Crippen LogP contribution in [0, 0.1) is 5.92 Å². The highest BCUT2D eigenvalue weighted by Gasteiger charge is 2.15. The van der Waals surface area contributed by atoms with Crippen LogP contribution in [-0.2, 0) is 10.0 Å². The Kier molecular flexibility index (Phi) is 7.04. The number of halogens is 1. The van der Waals surface area contributed by atoms with Gasteiger partial charge in [-0.05, 0) is 36.6 Å². The summed E-state index contributed by atoms with van der Waals surface area (Å²) in [6.07, 6.45) is 4.38. The maximum atomic E-state index is 12.1. The molecule has 0 saturated carbocycles. The van der Waals surface area contributed by atoms with Crippen LogP contribution in [0.3, 0.4) is 0 Å². The molecule has 5 heteroatoms. The molecule has 0 unspecified atom stereocenters. The molecule has 1 aromatic carbocycles. The van der Waals surface area contributed by atoms with Gasteiger partial charge in [0.15, 0.2) is 0 Å². The summed E-state index contributed by atoms with van der Waals surface area (Å²) >= 11 is 3.30. The molecule has 3 nitrogen and oxygen atoms in total. The molecule has 0 heterocycles. The van der Waals surface area contributed by atoms with Gasteiger partial charge in [0, 0.05) is 11.0 Å². The molecular formula is C14H22BrNO2S. The van der Waals surface area contributed by atoms with Gasteiger partial charge in [-0.15, -0.1) is 0 Å². The minimum atomic E-state index is -3.38. The standard InChI is InChI=1S/C14H22BrNO2S/c1-3-5-6-12(4-2)11-16-19(17,18)14-9-7-13(15)8-10-14/h7-10,12,16H,3-6,11H2,1-2H3/t12-/m1/s1. The first-order chi connectivity index (χ1) is 8.99. The first-order valence-corrected chi connectivity index (χ1v) is 9.02. The number of hydrogen-bond donors (Lipinski definition) is 1. The van der Waals surface area contributed by atoms with E-state index in [2.05, 4.69) is 34.5 Å². The predicted octanol–water partition coefficient (Wildman–Crippen LogP) is 3.94. The van der Waals surface area contributed by atoms with Crippen LogP contribution >= 0.6 is 15.9 Å². The number of sulfonamides is 1. The first-order valence-electron chi connectivity index (χ1n) is 6.74. The largest absolute Gasteiger partial charge is 0.240 e. The van der Waals surface area contributed by atoms with Crippen molar-refractivity contribution >= 4 is 26.0 Å². The lowest BCUT2D eigenvalue weighted by Crippen LogP contribution is -2.29. The van der Waals surface area contributed by atoms with Gasteiger partial charge in [0.1, 0.15) is 0 Å². The molecule has 0 aliphatic heterocycles. The van der Waals surface area contributed by atoms with Crippen LogP contribution in [0.4, 0.5) is 0 Å². The predicted molar refractivity (Wildman–Crippen MR) is 82.6 cm³/mol. The Morgan fingerprint density at radius 3 is 2.37 bits per heavy atom. The molecule has 1 rings (SSSR count). The van der Waals surface area contributed by atoms with E-state index in [1.165, 1.54) is 0 Å². The molecule has 1 aromatic rings. The molecule has 108 valence electrons. The van der Waals surface area contributed by atoms with E-state index < -0.39 is 10.0 Å². The number of hydrogen-bond acceptors (Lipinski definition) is 2. The van der Waals surface area contributed by atoms with Crippen LogP contribution in [0.5, 0.6) is 0 Å². The van der Waals surface area contributed by atoms with Crippen molar-refractivity contribution in [3.63, 3.8) is 0 Å². The van der Waals surface area contributed by atoms with Crippen LogP contribution < -0.4 is 4.72 Å². The summed E-state index contributed by atoms with van der Waals surface area (Å²) in [5.41, 5.74) is 0. The zero-order valence-corrected chi connectivity index (χ0v) is 13.9. The minimum Gasteiger partial charge on any atom is -0.211 e. The van der Waals surface area contributed by atoms with Gasteiger partial charge in [0.05, 0.1) is 4.90 Å². The smallest absolute Gasteiger partial charge is 0.211 e. The average molecular weight is 348 g/mol. The van der Waals surface area contributed by atoms with Gasteiger partial charge in [-0.3, -0.25) is 0 Å². The van der Waals surface area contributed by atoms with E-state index in [1.807, 2.05) is 0 Å². The van der Waals surface area contributed by atoms with Crippen molar-refractivity contribution < 1.29 is 8.42 Å². The van der Waals surface area contributed by atoms with Gasteiger partial charge in [0.2, 0.25) is 10.0 Å². The van der Waals surface area contributed by atoms with Gasteiger partial charge in [0.25, 0.3) is 0 Å². The zero-order chi connectivity index (χ0) is 14.3. The normalized spacial score (nSPS) is 13.4. The molecule has 0 bridgehead atoms. The van der Waals surface area contributed by atoms with E-state index >= 15 is 0 Å². The van der Waals surface area contributed by atoms with E-state index in [4.69, 9.17) is 0 Å². The summed E-state index contributed by atoms with van der Waals surface area (Å²) in [6.45, 7) is 4.78. The first kappa shape index (κ1) is 16.7. The van der Waals surface area contributed by atoms with Gasteiger partial charge < -0.3 is 0 Å². The number of nitrogens with one attached hydrogen (secondary N) is 1. The molecule has 0 aromatic heterocycles. The maximum Gasteiger partial charge on any atom is 0.240 e. The molecule has 0 radical (unpaired) electrons. The van der Waals surface area contributed by atoms with Crippen molar-refractivity contribution in [1.82, 2.24) is 4.72 Å². The molecule has 0 spiro atoms. The number of unbranched alkanes of at least 4 members (excludes halogenated alkanes) is 1. The lowest BCUT2D eigenvalue weighted by Gasteiger charge is -2.15. The number of rotatable bonds is 8. The Balaban J connectivity index is 2.61. The fourth-order valence-electron chi connectivity index (χ4n) is 1.87. The van der Waals surface area contributed by atoms with Crippen LogP contribution in [0.15, 0.2) is 33.6 Å². The van der Waals surface area contributed by atoms with Gasteiger partial charge in [-0.1, -0.05) is 49.0 Å². The highest BCUT2D eigenvalue weighted by atomic mass is 79.9. The number of benzene rings is 1. The Labute approximate surface area is 125 Å². The van der Waals surface area contributed by atoms with Crippen LogP contribution in [0.2, 0.25) is 0 Å².